The number of nitrogens with two attached hydrogens (primary N) is 1. The maximum absolute atomic E-state index is 13.0. The average Bonchev–Trinajstić information content (AvgIpc) is 3.49. The number of nitrogen functional groups attached to an aromatic ring is 1. The first-order chi connectivity index (χ1) is 16.8. The molecule has 4 N–H and O–H groups in total. The fourth-order valence-electron chi connectivity index (χ4n) is 3.52. The van der Waals surface area contributed by atoms with Crippen LogP contribution < -0.4 is 11.1 Å². The molecule has 0 aromatic carbocycles. The highest BCUT2D eigenvalue weighted by Crippen LogP contribution is 2.43. The molecule has 0 saturated carbocycles. The van der Waals surface area contributed by atoms with E-state index in [1.165, 1.54) is 24.3 Å². The Kier molecular flexibility index (Phi) is 6.74. The standard InChI is InChI=1S/C19H18N6O8S2/c1-3-32-18(30)10-7(4-33-24-10)8-5-34-16-12(15(27)25(16)13(8)17(28)29)22-14(26)11(23-31-2)9-6-35-19(20)21-9/h4,6,12,16H,3,5H2,1-2H3,(H2,20,21)(H,22,26)(H,28,29)/b23-11-. The summed E-state index contributed by atoms with van der Waals surface area (Å²) in [5.74, 6) is -3.48. The van der Waals surface area contributed by atoms with Gasteiger partial charge in [0.25, 0.3) is 11.8 Å². The highest BCUT2D eigenvalue weighted by molar-refractivity contribution is 8.00. The average molecular weight is 523 g/mol. The number of carbonyl (C=O) groups is 4. The van der Waals surface area contributed by atoms with E-state index in [9.17, 15) is 24.3 Å². The molecule has 1 fully saturated rings. The van der Waals surface area contributed by atoms with Crippen LogP contribution in [0.15, 0.2) is 27.0 Å². The Labute approximate surface area is 205 Å². The van der Waals surface area contributed by atoms with Gasteiger partial charge >= 0.3 is 11.9 Å². The predicted molar refractivity (Wildman–Crippen MR) is 122 cm³/mol. The Morgan fingerprint density at radius 3 is 2.83 bits per heavy atom. The molecule has 0 aliphatic carbocycles. The molecule has 184 valence electrons. The minimum absolute atomic E-state index is 0.0840. The second-order valence-electron chi connectivity index (χ2n) is 6.98. The van der Waals surface area contributed by atoms with E-state index in [4.69, 9.17) is 19.8 Å². The summed E-state index contributed by atoms with van der Waals surface area (Å²) < 4.78 is 9.82. The zero-order valence-corrected chi connectivity index (χ0v) is 19.8. The van der Waals surface area contributed by atoms with E-state index in [-0.39, 0.29) is 51.4 Å². The van der Waals surface area contributed by atoms with Gasteiger partial charge in [-0.3, -0.25) is 14.5 Å². The van der Waals surface area contributed by atoms with Crippen LogP contribution in [-0.4, -0.2) is 80.5 Å². The Morgan fingerprint density at radius 2 is 2.20 bits per heavy atom. The van der Waals surface area contributed by atoms with Crippen LogP contribution in [0.2, 0.25) is 0 Å². The molecule has 14 nitrogen and oxygen atoms in total. The maximum Gasteiger partial charge on any atom is 0.361 e. The van der Waals surface area contributed by atoms with Crippen LogP contribution in [0.4, 0.5) is 5.13 Å². The Bertz CT molecular complexity index is 1270. The van der Waals surface area contributed by atoms with Gasteiger partial charge in [0.05, 0.1) is 12.2 Å². The van der Waals surface area contributed by atoms with Crippen LogP contribution in [0.5, 0.6) is 0 Å². The lowest BCUT2D eigenvalue weighted by atomic mass is 9.99. The zero-order valence-electron chi connectivity index (χ0n) is 18.2. The van der Waals surface area contributed by atoms with Crippen LogP contribution in [-0.2, 0) is 24.0 Å². The number of β-lactam (4-membered cyclic amide) rings is 1. The van der Waals surface area contributed by atoms with Gasteiger partial charge in [-0.05, 0) is 6.92 Å². The Hall–Kier alpha value is -3.92. The molecule has 2 atom stereocenters. The summed E-state index contributed by atoms with van der Waals surface area (Å²) in [6.45, 7) is 1.70. The van der Waals surface area contributed by atoms with Crippen molar-refractivity contribution < 1.29 is 38.4 Å². The van der Waals surface area contributed by atoms with Crippen molar-refractivity contribution in [1.29, 1.82) is 0 Å². The number of carboxylic acid groups (broad SMARTS) is 1. The van der Waals surface area contributed by atoms with Crippen LogP contribution in [0.3, 0.4) is 0 Å². The van der Waals surface area contributed by atoms with Gasteiger partial charge in [0, 0.05) is 16.7 Å². The summed E-state index contributed by atoms with van der Waals surface area (Å²) >= 11 is 2.29. The van der Waals surface area contributed by atoms with Gasteiger partial charge in [0.15, 0.2) is 16.5 Å². The number of nitrogens with zero attached hydrogens (tertiary/aromatic N) is 4. The first kappa shape index (κ1) is 24.2. The number of esters is 1. The lowest BCUT2D eigenvalue weighted by molar-refractivity contribution is -0.149. The fraction of sp³-hybridized carbons (Fsp3) is 0.316. The van der Waals surface area contributed by atoms with Gasteiger partial charge in [-0.1, -0.05) is 10.3 Å². The number of ether oxygens (including phenoxy) is 1. The third kappa shape index (κ3) is 4.32. The number of oxime groups is 1. The second-order valence-corrected chi connectivity index (χ2v) is 8.98. The second kappa shape index (κ2) is 9.75. The topological polar surface area (TPSA) is 200 Å². The molecule has 0 spiro atoms. The van der Waals surface area contributed by atoms with Crippen LogP contribution in [0.1, 0.15) is 28.7 Å². The minimum Gasteiger partial charge on any atom is -0.477 e. The van der Waals surface area contributed by atoms with Gasteiger partial charge in [0.1, 0.15) is 36.2 Å². The van der Waals surface area contributed by atoms with Gasteiger partial charge in [0.2, 0.25) is 0 Å². The molecule has 0 radical (unpaired) electrons. The van der Waals surface area contributed by atoms with Crippen molar-refractivity contribution in [2.75, 3.05) is 25.2 Å². The predicted octanol–water partition coefficient (Wildman–Crippen LogP) is 0.136. The first-order valence-corrected chi connectivity index (χ1v) is 11.9. The van der Waals surface area contributed by atoms with E-state index in [2.05, 4.69) is 20.6 Å². The number of amides is 2. The number of hydrogen-bond acceptors (Lipinski definition) is 13. The van der Waals surface area contributed by atoms with Gasteiger partial charge in [-0.25, -0.2) is 14.6 Å². The third-order valence-corrected chi connectivity index (χ3v) is 6.94. The fourth-order valence-corrected chi connectivity index (χ4v) is 5.44. The molecule has 2 aliphatic heterocycles. The smallest absolute Gasteiger partial charge is 0.361 e. The molecular formula is C19H18N6O8S2. The summed E-state index contributed by atoms with van der Waals surface area (Å²) in [6.07, 6.45) is 1.13. The lowest BCUT2D eigenvalue weighted by Crippen LogP contribution is -2.71. The molecule has 2 aliphatic rings. The first-order valence-electron chi connectivity index (χ1n) is 9.94. The number of thioether (sulfide) groups is 1. The molecule has 2 aromatic rings. The van der Waals surface area contributed by atoms with Crippen molar-refractivity contribution in [3.05, 3.63) is 34.3 Å². The number of carboxylic acids is 1. The molecule has 0 bridgehead atoms. The minimum atomic E-state index is -1.39. The van der Waals surface area contributed by atoms with Crippen LogP contribution >= 0.6 is 23.1 Å². The molecule has 2 aromatic heterocycles. The van der Waals surface area contributed by atoms with Crippen molar-refractivity contribution in [1.82, 2.24) is 20.4 Å². The number of carbonyl (C=O) groups excluding carboxylic acids is 3. The third-order valence-electron chi connectivity index (χ3n) is 4.98. The van der Waals surface area contributed by atoms with Gasteiger partial charge in [-0.2, -0.15) is 0 Å². The number of thiazole rings is 1. The molecule has 2 unspecified atom stereocenters. The number of nitrogens with one attached hydrogen (secondary N) is 1. The highest BCUT2D eigenvalue weighted by atomic mass is 32.2. The molecule has 4 heterocycles. The molecule has 1 saturated heterocycles. The quantitative estimate of drug-likeness (QED) is 0.183. The van der Waals surface area contributed by atoms with Crippen molar-refractivity contribution in [3.8, 4) is 0 Å². The van der Waals surface area contributed by atoms with E-state index in [0.29, 0.717) is 0 Å². The summed E-state index contributed by atoms with van der Waals surface area (Å²) in [7, 11) is 1.25. The normalized spacial score (nSPS) is 19.7. The van der Waals surface area contributed by atoms with E-state index in [0.717, 1.165) is 22.5 Å². The monoisotopic (exact) mass is 522 g/mol. The molecular weight excluding hydrogens is 504 g/mol. The number of aromatic nitrogens is 2. The number of aliphatic carboxylic acids is 1. The van der Waals surface area contributed by atoms with Crippen molar-refractivity contribution in [2.24, 2.45) is 5.16 Å². The van der Waals surface area contributed by atoms with E-state index < -0.39 is 35.2 Å². The zero-order chi connectivity index (χ0) is 25.3. The van der Waals surface area contributed by atoms with Crippen LogP contribution in [0.25, 0.3) is 5.57 Å². The Balaban J connectivity index is 1.60. The van der Waals surface area contributed by atoms with E-state index >= 15 is 0 Å². The highest BCUT2D eigenvalue weighted by Gasteiger charge is 2.55. The van der Waals surface area contributed by atoms with E-state index in [1.54, 1.807) is 6.92 Å². The number of rotatable bonds is 8. The van der Waals surface area contributed by atoms with Gasteiger partial charge in [-0.15, -0.1) is 23.1 Å². The van der Waals surface area contributed by atoms with Crippen molar-refractivity contribution in [2.45, 2.75) is 18.3 Å². The number of anilines is 1. The van der Waals surface area contributed by atoms with Crippen LogP contribution in [0, 0.1) is 0 Å². The molecule has 4 rings (SSSR count). The lowest BCUT2D eigenvalue weighted by Gasteiger charge is -2.49. The number of fused-ring (bicyclic) bond motifs is 1. The number of hydrogen-bond donors (Lipinski definition) is 3. The molecule has 35 heavy (non-hydrogen) atoms. The molecule has 16 heteroatoms. The summed E-state index contributed by atoms with van der Waals surface area (Å²) in [4.78, 5) is 59.9. The summed E-state index contributed by atoms with van der Waals surface area (Å²) in [5.41, 5.74) is 5.35. The Morgan fingerprint density at radius 1 is 1.43 bits per heavy atom. The van der Waals surface area contributed by atoms with Gasteiger partial charge < -0.3 is 30.3 Å². The maximum atomic E-state index is 13.0. The van der Waals surface area contributed by atoms with E-state index in [1.807, 2.05) is 0 Å². The molecule has 2 amide bonds. The van der Waals surface area contributed by atoms with Crippen molar-refractivity contribution >= 4 is 63.3 Å². The SMILES string of the molecule is CCOC(=O)c1nocc1C1=C(C(=O)O)N2C(=O)C(NC(=O)/C(=N\OC)c3csc(N)n3)C2SC1. The largest absolute Gasteiger partial charge is 0.477 e. The summed E-state index contributed by atoms with van der Waals surface area (Å²) in [6, 6.07) is -1.03. The summed E-state index contributed by atoms with van der Waals surface area (Å²) in [5, 5.41) is 20.7. The van der Waals surface area contributed by atoms with Crippen molar-refractivity contribution in [3.63, 3.8) is 0 Å².